The highest BCUT2D eigenvalue weighted by molar-refractivity contribution is 7.80. The number of carboxylic acid groups (broad SMARTS) is 1. The maximum atomic E-state index is 13.1. The largest absolute Gasteiger partial charge is 0.508 e. The summed E-state index contributed by atoms with van der Waals surface area (Å²) in [7, 11) is 0. The number of phenols is 1. The first kappa shape index (κ1) is 26.5. The minimum atomic E-state index is -1.21. The molecule has 0 bridgehead atoms. The lowest BCUT2D eigenvalue weighted by atomic mass is 10.0. The van der Waals surface area contributed by atoms with Gasteiger partial charge in [-0.25, -0.2) is 4.79 Å². The molecule has 0 spiro atoms. The Balaban J connectivity index is 2.07. The van der Waals surface area contributed by atoms with Crippen LogP contribution < -0.4 is 16.4 Å². The zero-order valence-corrected chi connectivity index (χ0v) is 19.6. The smallest absolute Gasteiger partial charge is 0.326 e. The number of thiol groups is 1. The van der Waals surface area contributed by atoms with E-state index in [2.05, 4.69) is 23.3 Å². The molecular formula is C22H32N4O6S. The first-order valence-electron chi connectivity index (χ1n) is 10.8. The summed E-state index contributed by atoms with van der Waals surface area (Å²) in [4.78, 5) is 51.4. The third-order valence-corrected chi connectivity index (χ3v) is 6.01. The lowest BCUT2D eigenvalue weighted by Gasteiger charge is -2.29. The summed E-state index contributed by atoms with van der Waals surface area (Å²) < 4.78 is 0. The monoisotopic (exact) mass is 480 g/mol. The number of rotatable bonds is 10. The lowest BCUT2D eigenvalue weighted by Crippen LogP contribution is -2.58. The highest BCUT2D eigenvalue weighted by Crippen LogP contribution is 2.20. The van der Waals surface area contributed by atoms with Crippen LogP contribution in [-0.2, 0) is 25.6 Å². The Hall–Kier alpha value is -2.79. The summed E-state index contributed by atoms with van der Waals surface area (Å²) in [5, 5.41) is 24.1. The predicted octanol–water partition coefficient (Wildman–Crippen LogP) is -0.107. The van der Waals surface area contributed by atoms with Crippen molar-refractivity contribution in [2.45, 2.75) is 57.3 Å². The van der Waals surface area contributed by atoms with E-state index in [1.54, 1.807) is 26.0 Å². The number of hydrogen-bond donors (Lipinski definition) is 6. The van der Waals surface area contributed by atoms with Crippen molar-refractivity contribution in [3.8, 4) is 5.75 Å². The third kappa shape index (κ3) is 7.10. The van der Waals surface area contributed by atoms with Gasteiger partial charge >= 0.3 is 5.97 Å². The van der Waals surface area contributed by atoms with Gasteiger partial charge in [-0.05, 0) is 36.5 Å². The Morgan fingerprint density at radius 2 is 1.79 bits per heavy atom. The molecule has 4 unspecified atom stereocenters. The Labute approximate surface area is 198 Å². The molecule has 1 fully saturated rings. The van der Waals surface area contributed by atoms with E-state index in [0.29, 0.717) is 24.9 Å². The van der Waals surface area contributed by atoms with Crippen molar-refractivity contribution in [3.05, 3.63) is 29.8 Å². The number of nitrogens with two attached hydrogens (primary N) is 1. The van der Waals surface area contributed by atoms with Crippen LogP contribution in [0, 0.1) is 5.92 Å². The van der Waals surface area contributed by atoms with E-state index in [1.165, 1.54) is 17.0 Å². The minimum absolute atomic E-state index is 0.0183. The van der Waals surface area contributed by atoms with Gasteiger partial charge in [0.1, 0.15) is 23.9 Å². The van der Waals surface area contributed by atoms with E-state index < -0.39 is 47.9 Å². The van der Waals surface area contributed by atoms with E-state index >= 15 is 0 Å². The van der Waals surface area contributed by atoms with Crippen molar-refractivity contribution in [2.24, 2.45) is 11.7 Å². The van der Waals surface area contributed by atoms with Crippen molar-refractivity contribution in [1.82, 2.24) is 15.5 Å². The molecule has 1 aromatic carbocycles. The fourth-order valence-corrected chi connectivity index (χ4v) is 3.84. The Morgan fingerprint density at radius 3 is 2.33 bits per heavy atom. The molecular weight excluding hydrogens is 448 g/mol. The molecule has 0 radical (unpaired) electrons. The predicted molar refractivity (Wildman–Crippen MR) is 125 cm³/mol. The van der Waals surface area contributed by atoms with Crippen LogP contribution in [0.4, 0.5) is 0 Å². The van der Waals surface area contributed by atoms with Gasteiger partial charge < -0.3 is 31.5 Å². The number of carbonyl (C=O) groups excluding carboxylic acids is 3. The van der Waals surface area contributed by atoms with Crippen molar-refractivity contribution in [2.75, 3.05) is 12.3 Å². The number of aromatic hydroxyl groups is 1. The second-order valence-corrected chi connectivity index (χ2v) is 8.84. The topological polar surface area (TPSA) is 162 Å². The fourth-order valence-electron chi connectivity index (χ4n) is 3.60. The minimum Gasteiger partial charge on any atom is -0.508 e. The number of amides is 3. The van der Waals surface area contributed by atoms with E-state index in [4.69, 9.17) is 5.73 Å². The van der Waals surface area contributed by atoms with Crippen molar-refractivity contribution < 1.29 is 29.4 Å². The molecule has 1 saturated heterocycles. The van der Waals surface area contributed by atoms with Crippen LogP contribution >= 0.6 is 12.6 Å². The molecule has 6 N–H and O–H groups in total. The van der Waals surface area contributed by atoms with Gasteiger partial charge in [-0.3, -0.25) is 14.4 Å². The van der Waals surface area contributed by atoms with E-state index in [-0.39, 0.29) is 23.8 Å². The highest BCUT2D eigenvalue weighted by atomic mass is 32.1. The molecule has 0 saturated carbocycles. The molecule has 1 aliphatic rings. The molecule has 10 nitrogen and oxygen atoms in total. The zero-order valence-electron chi connectivity index (χ0n) is 18.7. The van der Waals surface area contributed by atoms with Gasteiger partial charge in [-0.15, -0.1) is 0 Å². The van der Waals surface area contributed by atoms with E-state index in [1.807, 2.05) is 0 Å². The van der Waals surface area contributed by atoms with Crippen molar-refractivity contribution >= 4 is 36.3 Å². The molecule has 3 amide bonds. The molecule has 4 atom stereocenters. The molecule has 33 heavy (non-hydrogen) atoms. The molecule has 0 aromatic heterocycles. The highest BCUT2D eigenvalue weighted by Gasteiger charge is 2.39. The number of carbonyl (C=O) groups is 4. The fraction of sp³-hybridized carbons (Fsp3) is 0.545. The average molecular weight is 481 g/mol. The number of aliphatic carboxylic acids is 1. The summed E-state index contributed by atoms with van der Waals surface area (Å²) >= 11 is 4.17. The first-order chi connectivity index (χ1) is 15.5. The van der Waals surface area contributed by atoms with Gasteiger partial charge in [0.15, 0.2) is 0 Å². The van der Waals surface area contributed by atoms with Gasteiger partial charge in [0.05, 0.1) is 6.04 Å². The van der Waals surface area contributed by atoms with Crippen LogP contribution in [0.1, 0.15) is 32.3 Å². The number of phenolic OH excluding ortho intramolecular Hbond substituents is 1. The van der Waals surface area contributed by atoms with Gasteiger partial charge in [0.2, 0.25) is 17.7 Å². The molecule has 1 aromatic rings. The van der Waals surface area contributed by atoms with E-state index in [0.717, 1.165) is 0 Å². The molecule has 2 rings (SSSR count). The van der Waals surface area contributed by atoms with Crippen molar-refractivity contribution in [3.63, 3.8) is 0 Å². The number of hydrogen-bond acceptors (Lipinski definition) is 7. The summed E-state index contributed by atoms with van der Waals surface area (Å²) in [6.45, 7) is 3.89. The lowest BCUT2D eigenvalue weighted by molar-refractivity contribution is -0.144. The Kier molecular flexibility index (Phi) is 9.54. The Bertz CT molecular complexity index is 863. The van der Waals surface area contributed by atoms with Gasteiger partial charge in [-0.1, -0.05) is 26.0 Å². The standard InChI is InChI=1S/C22H32N4O6S/c1-12(2)18(23)20(29)25-16(11-33)21(30)26-9-3-4-17(26)19(28)24-15(22(31)32)10-13-5-7-14(27)8-6-13/h5-8,12,15-18,27,33H,3-4,9-11,23H2,1-2H3,(H,24,28)(H,25,29)(H,31,32). The quantitative estimate of drug-likeness (QED) is 0.255. The second kappa shape index (κ2) is 11.9. The number of nitrogens with one attached hydrogen (secondary N) is 2. The van der Waals surface area contributed by atoms with Crippen LogP contribution in [0.3, 0.4) is 0 Å². The molecule has 11 heteroatoms. The number of likely N-dealkylation sites (tertiary alicyclic amines) is 1. The van der Waals surface area contributed by atoms with Crippen LogP contribution in [0.5, 0.6) is 5.75 Å². The maximum Gasteiger partial charge on any atom is 0.326 e. The normalized spacial score (nSPS) is 18.5. The first-order valence-corrected chi connectivity index (χ1v) is 11.5. The molecule has 1 aliphatic heterocycles. The van der Waals surface area contributed by atoms with E-state index in [9.17, 15) is 29.4 Å². The summed E-state index contributed by atoms with van der Waals surface area (Å²) in [5.41, 5.74) is 6.48. The number of nitrogens with zero attached hydrogens (tertiary/aromatic N) is 1. The summed E-state index contributed by atoms with van der Waals surface area (Å²) in [6, 6.07) is 2.23. The van der Waals surface area contributed by atoms with Crippen molar-refractivity contribution in [1.29, 1.82) is 0 Å². The Morgan fingerprint density at radius 1 is 1.15 bits per heavy atom. The third-order valence-electron chi connectivity index (χ3n) is 5.65. The van der Waals surface area contributed by atoms with Crippen LogP contribution in [0.25, 0.3) is 0 Å². The van der Waals surface area contributed by atoms with Gasteiger partial charge in [0.25, 0.3) is 0 Å². The molecule has 0 aliphatic carbocycles. The summed E-state index contributed by atoms with van der Waals surface area (Å²) in [5.74, 6) is -2.76. The zero-order chi connectivity index (χ0) is 24.7. The maximum absolute atomic E-state index is 13.1. The average Bonchev–Trinajstić information content (AvgIpc) is 3.27. The number of benzene rings is 1. The van der Waals surface area contributed by atoms with Gasteiger partial charge in [-0.2, -0.15) is 12.6 Å². The number of carboxylic acids is 1. The van der Waals surface area contributed by atoms with Crippen LogP contribution in [0.15, 0.2) is 24.3 Å². The second-order valence-electron chi connectivity index (χ2n) is 8.47. The SMILES string of the molecule is CC(C)C(N)C(=O)NC(CS)C(=O)N1CCCC1C(=O)NC(Cc1ccc(O)cc1)C(=O)O. The van der Waals surface area contributed by atoms with Crippen LogP contribution in [0.2, 0.25) is 0 Å². The molecule has 1 heterocycles. The van der Waals surface area contributed by atoms with Gasteiger partial charge in [0, 0.05) is 18.7 Å². The summed E-state index contributed by atoms with van der Waals surface area (Å²) in [6.07, 6.45) is 0.963. The molecule has 182 valence electrons. The van der Waals surface area contributed by atoms with Crippen LogP contribution in [-0.4, -0.2) is 75.3 Å².